The van der Waals surface area contributed by atoms with E-state index in [0.717, 1.165) is 11.3 Å². The molecule has 0 radical (unpaired) electrons. The number of fused-ring (bicyclic) bond motifs is 1. The molecule has 8 heteroatoms. The Bertz CT molecular complexity index is 1370. The number of carbonyl (C=O) groups excluding carboxylic acids is 1. The Kier molecular flexibility index (Phi) is 4.72. The number of imidazole rings is 1. The molecule has 0 aliphatic rings. The number of anilines is 1. The van der Waals surface area contributed by atoms with Crippen molar-refractivity contribution in [2.75, 3.05) is 5.32 Å². The maximum atomic E-state index is 13.0. The Morgan fingerprint density at radius 1 is 1.10 bits per heavy atom. The molecule has 1 amide bonds. The van der Waals surface area contributed by atoms with E-state index in [9.17, 15) is 4.79 Å². The molecule has 5 aromatic rings. The van der Waals surface area contributed by atoms with E-state index in [4.69, 9.17) is 16.1 Å². The molecular formula is C23H16ClN5O2. The summed E-state index contributed by atoms with van der Waals surface area (Å²) in [5, 5.41) is 7.44. The van der Waals surface area contributed by atoms with Gasteiger partial charge in [0.1, 0.15) is 17.0 Å². The van der Waals surface area contributed by atoms with E-state index >= 15 is 0 Å². The van der Waals surface area contributed by atoms with Gasteiger partial charge in [0.05, 0.1) is 10.7 Å². The van der Waals surface area contributed by atoms with Crippen molar-refractivity contribution in [1.29, 1.82) is 0 Å². The van der Waals surface area contributed by atoms with Gasteiger partial charge in [-0.2, -0.15) is 0 Å². The molecule has 0 fully saturated rings. The van der Waals surface area contributed by atoms with Gasteiger partial charge < -0.3 is 9.84 Å². The molecule has 0 aliphatic carbocycles. The lowest BCUT2D eigenvalue weighted by molar-refractivity contribution is 0.102. The van der Waals surface area contributed by atoms with E-state index in [1.807, 2.05) is 59.3 Å². The summed E-state index contributed by atoms with van der Waals surface area (Å²) in [5.74, 6) is 0.726. The van der Waals surface area contributed by atoms with Crippen molar-refractivity contribution in [3.8, 4) is 22.5 Å². The maximum Gasteiger partial charge on any atom is 0.261 e. The number of hydrogen-bond donors (Lipinski definition) is 1. The molecule has 2 aromatic carbocycles. The van der Waals surface area contributed by atoms with Gasteiger partial charge in [0, 0.05) is 35.4 Å². The summed E-state index contributed by atoms with van der Waals surface area (Å²) in [7, 11) is 0. The quantitative estimate of drug-likeness (QED) is 0.421. The monoisotopic (exact) mass is 429 g/mol. The summed E-state index contributed by atoms with van der Waals surface area (Å²) < 4.78 is 7.14. The summed E-state index contributed by atoms with van der Waals surface area (Å²) in [6.07, 6.45) is 5.51. The van der Waals surface area contributed by atoms with Crippen LogP contribution in [-0.4, -0.2) is 25.4 Å². The third-order valence-corrected chi connectivity index (χ3v) is 5.22. The first-order valence-corrected chi connectivity index (χ1v) is 9.90. The molecule has 0 unspecified atom stereocenters. The van der Waals surface area contributed by atoms with Crippen molar-refractivity contribution < 1.29 is 9.32 Å². The molecule has 3 heterocycles. The smallest absolute Gasteiger partial charge is 0.261 e. The topological polar surface area (TPSA) is 85.3 Å². The van der Waals surface area contributed by atoms with Crippen molar-refractivity contribution in [3.05, 3.63) is 89.5 Å². The van der Waals surface area contributed by atoms with Crippen LogP contribution in [0.1, 0.15) is 16.1 Å². The zero-order valence-corrected chi connectivity index (χ0v) is 17.2. The summed E-state index contributed by atoms with van der Waals surface area (Å²) in [6.45, 7) is 1.70. The van der Waals surface area contributed by atoms with Gasteiger partial charge >= 0.3 is 0 Å². The third-order valence-electron chi connectivity index (χ3n) is 4.89. The molecule has 0 bridgehead atoms. The number of carbonyl (C=O) groups is 1. The van der Waals surface area contributed by atoms with Crippen LogP contribution in [0, 0.1) is 6.92 Å². The zero-order valence-electron chi connectivity index (χ0n) is 16.4. The van der Waals surface area contributed by atoms with Gasteiger partial charge in [-0.25, -0.2) is 9.97 Å². The molecule has 3 aromatic heterocycles. The highest BCUT2D eigenvalue weighted by Gasteiger charge is 2.23. The Hall–Kier alpha value is -3.97. The highest BCUT2D eigenvalue weighted by atomic mass is 35.5. The molecule has 0 saturated carbocycles. The standard InChI is InChI=1S/C23H16ClN5O2/c1-14-20(21(28-31-14)17-5-2-3-6-18(17)24)22(30)26-16-9-7-15(8-10-16)19-13-29-12-4-11-25-23(29)27-19/h2-13H,1H3,(H,26,30). The fourth-order valence-electron chi connectivity index (χ4n) is 3.36. The fraction of sp³-hybridized carbons (Fsp3) is 0.0435. The lowest BCUT2D eigenvalue weighted by atomic mass is 10.1. The largest absolute Gasteiger partial charge is 0.360 e. The molecule has 0 atom stereocenters. The number of rotatable bonds is 4. The minimum atomic E-state index is -0.321. The lowest BCUT2D eigenvalue weighted by Gasteiger charge is -2.07. The molecule has 5 rings (SSSR count). The van der Waals surface area contributed by atoms with Crippen LogP contribution in [0.3, 0.4) is 0 Å². The average Bonchev–Trinajstić information content (AvgIpc) is 3.38. The van der Waals surface area contributed by atoms with Crippen molar-refractivity contribution >= 4 is 29.0 Å². The number of aryl methyl sites for hydroxylation is 1. The fourth-order valence-corrected chi connectivity index (χ4v) is 3.59. The molecule has 1 N–H and O–H groups in total. The summed E-state index contributed by atoms with van der Waals surface area (Å²) in [5.41, 5.74) is 3.76. The van der Waals surface area contributed by atoms with Gasteiger partial charge in [0.2, 0.25) is 5.78 Å². The highest BCUT2D eigenvalue weighted by molar-refractivity contribution is 6.33. The maximum absolute atomic E-state index is 13.0. The third kappa shape index (κ3) is 3.55. The van der Waals surface area contributed by atoms with Gasteiger partial charge in [0.25, 0.3) is 5.91 Å². The second-order valence-corrected chi connectivity index (χ2v) is 7.33. The van der Waals surface area contributed by atoms with Crippen LogP contribution in [0.5, 0.6) is 0 Å². The van der Waals surface area contributed by atoms with E-state index in [0.29, 0.717) is 39.1 Å². The summed E-state index contributed by atoms with van der Waals surface area (Å²) in [6, 6.07) is 16.5. The second kappa shape index (κ2) is 7.70. The van der Waals surface area contributed by atoms with Gasteiger partial charge in [0.15, 0.2) is 0 Å². The number of aromatic nitrogens is 4. The van der Waals surface area contributed by atoms with Gasteiger partial charge in [-0.3, -0.25) is 9.20 Å². The van der Waals surface area contributed by atoms with E-state index in [1.165, 1.54) is 0 Å². The Balaban J connectivity index is 1.40. The highest BCUT2D eigenvalue weighted by Crippen LogP contribution is 2.31. The zero-order chi connectivity index (χ0) is 21.4. The van der Waals surface area contributed by atoms with Crippen LogP contribution in [0.4, 0.5) is 5.69 Å². The number of benzene rings is 2. The SMILES string of the molecule is Cc1onc(-c2ccccc2Cl)c1C(=O)Nc1ccc(-c2cn3cccnc3n2)cc1. The molecule has 0 spiro atoms. The number of halogens is 1. The average molecular weight is 430 g/mol. The molecule has 0 saturated heterocycles. The Morgan fingerprint density at radius 3 is 2.68 bits per heavy atom. The van der Waals surface area contributed by atoms with Crippen LogP contribution < -0.4 is 5.32 Å². The van der Waals surface area contributed by atoms with Crippen molar-refractivity contribution in [2.45, 2.75) is 6.92 Å². The predicted molar refractivity (Wildman–Crippen MR) is 118 cm³/mol. The minimum absolute atomic E-state index is 0.321. The summed E-state index contributed by atoms with van der Waals surface area (Å²) in [4.78, 5) is 21.7. The number of nitrogens with zero attached hydrogens (tertiary/aromatic N) is 4. The van der Waals surface area contributed by atoms with Crippen molar-refractivity contribution in [1.82, 2.24) is 19.5 Å². The number of nitrogens with one attached hydrogen (secondary N) is 1. The van der Waals surface area contributed by atoms with Crippen LogP contribution in [0.2, 0.25) is 5.02 Å². The predicted octanol–water partition coefficient (Wildman–Crippen LogP) is 5.27. The molecule has 0 aliphatic heterocycles. The van der Waals surface area contributed by atoms with Crippen molar-refractivity contribution in [2.24, 2.45) is 0 Å². The number of hydrogen-bond acceptors (Lipinski definition) is 5. The molecule has 152 valence electrons. The van der Waals surface area contributed by atoms with Crippen LogP contribution in [-0.2, 0) is 0 Å². The first kappa shape index (κ1) is 19.0. The van der Waals surface area contributed by atoms with E-state index in [1.54, 1.807) is 25.3 Å². The van der Waals surface area contributed by atoms with Crippen LogP contribution in [0.25, 0.3) is 28.3 Å². The molecular weight excluding hydrogens is 414 g/mol. The number of amides is 1. The Labute approximate surface area is 182 Å². The van der Waals surface area contributed by atoms with Crippen LogP contribution in [0.15, 0.2) is 77.7 Å². The summed E-state index contributed by atoms with van der Waals surface area (Å²) >= 11 is 6.28. The first-order chi connectivity index (χ1) is 15.1. The Morgan fingerprint density at radius 2 is 1.90 bits per heavy atom. The normalized spacial score (nSPS) is 11.0. The van der Waals surface area contributed by atoms with E-state index < -0.39 is 0 Å². The lowest BCUT2D eigenvalue weighted by Crippen LogP contribution is -2.13. The molecule has 7 nitrogen and oxygen atoms in total. The van der Waals surface area contributed by atoms with E-state index in [-0.39, 0.29) is 5.91 Å². The van der Waals surface area contributed by atoms with Gasteiger partial charge in [-0.05, 0) is 31.2 Å². The minimum Gasteiger partial charge on any atom is -0.360 e. The molecule has 31 heavy (non-hydrogen) atoms. The van der Waals surface area contributed by atoms with Crippen LogP contribution >= 0.6 is 11.6 Å². The van der Waals surface area contributed by atoms with Gasteiger partial charge in [-0.1, -0.05) is 47.1 Å². The second-order valence-electron chi connectivity index (χ2n) is 6.93. The van der Waals surface area contributed by atoms with Crippen molar-refractivity contribution in [3.63, 3.8) is 0 Å². The van der Waals surface area contributed by atoms with E-state index in [2.05, 4.69) is 20.4 Å². The van der Waals surface area contributed by atoms with Gasteiger partial charge in [-0.15, -0.1) is 0 Å². The first-order valence-electron chi connectivity index (χ1n) is 9.53.